The molecule has 1 aromatic rings. The summed E-state index contributed by atoms with van der Waals surface area (Å²) >= 11 is 0. The lowest BCUT2D eigenvalue weighted by molar-refractivity contribution is 0.302. The molecule has 1 aromatic heterocycles. The van der Waals surface area contributed by atoms with Crippen LogP contribution in [0.15, 0.2) is 14.6 Å². The van der Waals surface area contributed by atoms with Crippen LogP contribution in [0.25, 0.3) is 0 Å². The predicted octanol–water partition coefficient (Wildman–Crippen LogP) is 0.700. The van der Waals surface area contributed by atoms with Gasteiger partial charge in [-0.3, -0.25) is 19.8 Å². The highest BCUT2D eigenvalue weighted by molar-refractivity contribution is 6.01. The Balaban J connectivity index is 2.82. The van der Waals surface area contributed by atoms with E-state index < -0.39 is 17.1 Å². The van der Waals surface area contributed by atoms with E-state index in [1.807, 2.05) is 6.92 Å². The standard InChI is InChI=1S/C14H24N4O3/c1-4-10(15-8-7-9-18(5-2)6-3)11-12(19)16-14(21)17-13(11)20/h4-9H2,1-3H3,(H3,16,17,19,20,21). The zero-order chi connectivity index (χ0) is 15.8. The van der Waals surface area contributed by atoms with Crippen LogP contribution in [-0.2, 0) is 0 Å². The molecule has 0 spiro atoms. The molecule has 0 unspecified atom stereocenters. The zero-order valence-corrected chi connectivity index (χ0v) is 12.9. The second-order valence-corrected chi connectivity index (χ2v) is 4.69. The van der Waals surface area contributed by atoms with Crippen LogP contribution in [-0.4, -0.2) is 51.9 Å². The number of aromatic hydroxyl groups is 1. The fourth-order valence-electron chi connectivity index (χ4n) is 2.16. The average Bonchev–Trinajstić information content (AvgIpc) is 2.44. The van der Waals surface area contributed by atoms with Gasteiger partial charge in [-0.25, -0.2) is 4.79 Å². The van der Waals surface area contributed by atoms with Gasteiger partial charge in [-0.1, -0.05) is 20.8 Å². The molecule has 0 aliphatic carbocycles. The van der Waals surface area contributed by atoms with Gasteiger partial charge < -0.3 is 10.0 Å². The molecule has 3 N–H and O–H groups in total. The van der Waals surface area contributed by atoms with Crippen molar-refractivity contribution in [1.29, 1.82) is 0 Å². The van der Waals surface area contributed by atoms with E-state index in [1.165, 1.54) is 0 Å². The van der Waals surface area contributed by atoms with E-state index in [-0.39, 0.29) is 5.56 Å². The van der Waals surface area contributed by atoms with Gasteiger partial charge in [-0.2, -0.15) is 0 Å². The molecule has 0 saturated heterocycles. The average molecular weight is 296 g/mol. The Bertz CT molecular complexity index is 585. The van der Waals surface area contributed by atoms with Crippen molar-refractivity contribution in [2.24, 2.45) is 4.99 Å². The van der Waals surface area contributed by atoms with Crippen LogP contribution in [0.1, 0.15) is 39.2 Å². The van der Waals surface area contributed by atoms with Crippen LogP contribution in [0, 0.1) is 0 Å². The van der Waals surface area contributed by atoms with Crippen molar-refractivity contribution in [3.63, 3.8) is 0 Å². The van der Waals surface area contributed by atoms with Crippen LogP contribution in [0.3, 0.4) is 0 Å². The fourth-order valence-corrected chi connectivity index (χ4v) is 2.16. The van der Waals surface area contributed by atoms with E-state index in [0.29, 0.717) is 18.7 Å². The first-order chi connectivity index (χ1) is 10.0. The minimum absolute atomic E-state index is 0.0555. The topological polar surface area (TPSA) is 102 Å². The van der Waals surface area contributed by atoms with E-state index >= 15 is 0 Å². The van der Waals surface area contributed by atoms with Crippen LogP contribution in [0.4, 0.5) is 0 Å². The van der Waals surface area contributed by atoms with Crippen molar-refractivity contribution in [3.05, 3.63) is 26.4 Å². The lowest BCUT2D eigenvalue weighted by Crippen LogP contribution is -2.28. The number of rotatable bonds is 8. The van der Waals surface area contributed by atoms with Gasteiger partial charge in [0, 0.05) is 6.54 Å². The van der Waals surface area contributed by atoms with Crippen LogP contribution < -0.4 is 11.2 Å². The smallest absolute Gasteiger partial charge is 0.328 e. The van der Waals surface area contributed by atoms with Crippen molar-refractivity contribution in [1.82, 2.24) is 14.9 Å². The maximum atomic E-state index is 11.8. The summed E-state index contributed by atoms with van der Waals surface area (Å²) in [6, 6.07) is 0. The molecule has 0 aliphatic heterocycles. The second kappa shape index (κ2) is 8.41. The molecule has 0 aromatic carbocycles. The Morgan fingerprint density at radius 3 is 2.38 bits per heavy atom. The number of aromatic nitrogens is 2. The van der Waals surface area contributed by atoms with E-state index in [1.54, 1.807) is 0 Å². The lowest BCUT2D eigenvalue weighted by Gasteiger charge is -2.16. The highest BCUT2D eigenvalue weighted by Crippen LogP contribution is 2.09. The summed E-state index contributed by atoms with van der Waals surface area (Å²) in [5.74, 6) is -0.423. The minimum atomic E-state index is -0.724. The third-order valence-corrected chi connectivity index (χ3v) is 3.38. The van der Waals surface area contributed by atoms with E-state index in [0.717, 1.165) is 26.1 Å². The highest BCUT2D eigenvalue weighted by Gasteiger charge is 2.13. The molecule has 7 nitrogen and oxygen atoms in total. The van der Waals surface area contributed by atoms with Gasteiger partial charge in [0.25, 0.3) is 5.56 Å². The largest absolute Gasteiger partial charge is 0.494 e. The normalized spacial score (nSPS) is 12.1. The van der Waals surface area contributed by atoms with Gasteiger partial charge in [0.15, 0.2) is 0 Å². The van der Waals surface area contributed by atoms with Crippen LogP contribution >= 0.6 is 0 Å². The SMILES string of the molecule is CCC(=NCCCN(CC)CC)c1c(O)[nH]c(=O)[nH]c1=O. The molecular formula is C14H24N4O3. The number of hydrogen-bond donors (Lipinski definition) is 3. The Morgan fingerprint density at radius 1 is 1.19 bits per heavy atom. The molecular weight excluding hydrogens is 272 g/mol. The number of nitrogens with zero attached hydrogens (tertiary/aromatic N) is 2. The molecule has 118 valence electrons. The summed E-state index contributed by atoms with van der Waals surface area (Å²) in [6.07, 6.45) is 1.39. The zero-order valence-electron chi connectivity index (χ0n) is 12.9. The number of H-pyrrole nitrogens is 2. The number of aromatic amines is 2. The summed E-state index contributed by atoms with van der Waals surface area (Å²) < 4.78 is 0. The van der Waals surface area contributed by atoms with Crippen molar-refractivity contribution in [3.8, 4) is 5.88 Å². The number of nitrogens with one attached hydrogen (secondary N) is 2. The quantitative estimate of drug-likeness (QED) is 0.485. The molecule has 0 atom stereocenters. The fraction of sp³-hybridized carbons (Fsp3) is 0.643. The Morgan fingerprint density at radius 2 is 1.86 bits per heavy atom. The minimum Gasteiger partial charge on any atom is -0.494 e. The molecule has 0 radical (unpaired) electrons. The maximum absolute atomic E-state index is 11.8. The van der Waals surface area contributed by atoms with Crippen LogP contribution in [0.5, 0.6) is 5.88 Å². The molecule has 0 bridgehead atoms. The van der Waals surface area contributed by atoms with Gasteiger partial charge in [-0.15, -0.1) is 0 Å². The second-order valence-electron chi connectivity index (χ2n) is 4.69. The summed E-state index contributed by atoms with van der Waals surface area (Å²) in [7, 11) is 0. The van der Waals surface area contributed by atoms with Crippen molar-refractivity contribution >= 4 is 5.71 Å². The molecule has 0 amide bonds. The molecule has 0 fully saturated rings. The maximum Gasteiger partial charge on any atom is 0.328 e. The Labute approximate surface area is 123 Å². The number of aliphatic imine (C=N–C) groups is 1. The summed E-state index contributed by atoms with van der Waals surface area (Å²) in [5, 5.41) is 9.73. The van der Waals surface area contributed by atoms with Gasteiger partial charge in [-0.05, 0) is 32.5 Å². The molecule has 0 aliphatic rings. The van der Waals surface area contributed by atoms with E-state index in [4.69, 9.17) is 0 Å². The van der Waals surface area contributed by atoms with Crippen molar-refractivity contribution in [2.75, 3.05) is 26.2 Å². The van der Waals surface area contributed by atoms with Gasteiger partial charge in [0.05, 0.1) is 5.71 Å². The van der Waals surface area contributed by atoms with Crippen molar-refractivity contribution < 1.29 is 5.11 Å². The van der Waals surface area contributed by atoms with Crippen molar-refractivity contribution in [2.45, 2.75) is 33.6 Å². The highest BCUT2D eigenvalue weighted by atomic mass is 16.3. The van der Waals surface area contributed by atoms with E-state index in [2.05, 4.69) is 33.7 Å². The number of hydrogen-bond acceptors (Lipinski definition) is 5. The Hall–Kier alpha value is -1.89. The molecule has 1 heterocycles. The van der Waals surface area contributed by atoms with Gasteiger partial charge in [0.1, 0.15) is 5.56 Å². The third-order valence-electron chi connectivity index (χ3n) is 3.38. The summed E-state index contributed by atoms with van der Waals surface area (Å²) in [6.45, 7) is 9.61. The molecule has 0 saturated carbocycles. The monoisotopic (exact) mass is 296 g/mol. The molecule has 1 rings (SSSR count). The van der Waals surface area contributed by atoms with E-state index in [9.17, 15) is 14.7 Å². The molecule has 21 heavy (non-hydrogen) atoms. The first-order valence-electron chi connectivity index (χ1n) is 7.35. The van der Waals surface area contributed by atoms with Gasteiger partial charge >= 0.3 is 5.69 Å². The first-order valence-corrected chi connectivity index (χ1v) is 7.35. The van der Waals surface area contributed by atoms with Crippen LogP contribution in [0.2, 0.25) is 0 Å². The summed E-state index contributed by atoms with van der Waals surface area (Å²) in [4.78, 5) is 33.8. The molecule has 7 heteroatoms. The third kappa shape index (κ3) is 4.86. The predicted molar refractivity (Wildman–Crippen MR) is 83.4 cm³/mol. The summed E-state index contributed by atoms with van der Waals surface area (Å²) in [5.41, 5.74) is -0.775. The lowest BCUT2D eigenvalue weighted by atomic mass is 10.1. The van der Waals surface area contributed by atoms with Gasteiger partial charge in [0.2, 0.25) is 5.88 Å². The first kappa shape index (κ1) is 17.2. The Kier molecular flexibility index (Phi) is 6.87.